The molecule has 1 aromatic rings. The van der Waals surface area contributed by atoms with Crippen molar-refractivity contribution in [1.82, 2.24) is 0 Å². The predicted molar refractivity (Wildman–Crippen MR) is 57.4 cm³/mol. The molecule has 0 spiro atoms. The summed E-state index contributed by atoms with van der Waals surface area (Å²) in [4.78, 5) is 0. The van der Waals surface area contributed by atoms with Crippen molar-refractivity contribution in [3.8, 4) is 5.75 Å². The van der Waals surface area contributed by atoms with Gasteiger partial charge in [-0.2, -0.15) is 22.0 Å². The Balaban J connectivity index is 3.05. The van der Waals surface area contributed by atoms with Crippen LogP contribution in [0.25, 0.3) is 0 Å². The minimum atomic E-state index is -5.78. The number of benzene rings is 1. The molecule has 19 heavy (non-hydrogen) atoms. The molecule has 2 N–H and O–H groups in total. The first-order chi connectivity index (χ1) is 8.45. The molecular weight excluding hydrogens is 323 g/mol. The van der Waals surface area contributed by atoms with Crippen LogP contribution in [0.2, 0.25) is 10.0 Å². The lowest BCUT2D eigenvalue weighted by atomic mass is 10.3. The molecule has 0 aromatic heterocycles. The summed E-state index contributed by atoms with van der Waals surface area (Å²) >= 11 is 10.9. The van der Waals surface area contributed by atoms with Crippen molar-refractivity contribution >= 4 is 28.9 Å². The highest BCUT2D eigenvalue weighted by Gasteiger charge is 2.59. The molecule has 0 amide bonds. The lowest BCUT2D eigenvalue weighted by molar-refractivity contribution is -0.304. The van der Waals surface area contributed by atoms with Crippen LogP contribution in [0.15, 0.2) is 12.1 Å². The molecule has 0 heterocycles. The molecule has 10 heteroatoms. The van der Waals surface area contributed by atoms with Crippen molar-refractivity contribution in [1.29, 1.82) is 0 Å². The number of nitrogen functional groups attached to an aromatic ring is 1. The van der Waals surface area contributed by atoms with Crippen LogP contribution in [0.4, 0.5) is 32.0 Å². The number of ether oxygens (including phenoxy) is 1. The molecule has 1 atom stereocenters. The summed E-state index contributed by atoms with van der Waals surface area (Å²) in [7, 11) is 0. The van der Waals surface area contributed by atoms with Gasteiger partial charge in [0.15, 0.2) is 0 Å². The van der Waals surface area contributed by atoms with E-state index in [1.165, 1.54) is 0 Å². The van der Waals surface area contributed by atoms with Crippen molar-refractivity contribution < 1.29 is 31.1 Å². The van der Waals surface area contributed by atoms with Gasteiger partial charge in [0.05, 0.1) is 15.7 Å². The molecule has 108 valence electrons. The van der Waals surface area contributed by atoms with Gasteiger partial charge in [0.25, 0.3) is 6.17 Å². The topological polar surface area (TPSA) is 35.2 Å². The summed E-state index contributed by atoms with van der Waals surface area (Å²) in [6.45, 7) is 0. The number of alkyl halides is 6. The Bertz CT molecular complexity index is 479. The normalized spacial score (nSPS) is 14.3. The molecule has 0 aliphatic heterocycles. The van der Waals surface area contributed by atoms with Crippen LogP contribution in [0, 0.1) is 0 Å². The summed E-state index contributed by atoms with van der Waals surface area (Å²) in [6.07, 6.45) is -15.4. The van der Waals surface area contributed by atoms with Crippen LogP contribution in [-0.4, -0.2) is 18.5 Å². The standard InChI is InChI=1S/C9H5Cl2F6NO/c10-3-2-6(4(11)1-5(3)18)19-9(16,17)7(12)8(13,14)15/h1-2,7H,18H2/t7-/m0/s1. The van der Waals surface area contributed by atoms with E-state index in [4.69, 9.17) is 28.9 Å². The van der Waals surface area contributed by atoms with Crippen LogP contribution in [0.1, 0.15) is 0 Å². The monoisotopic (exact) mass is 327 g/mol. The summed E-state index contributed by atoms with van der Waals surface area (Å²) in [6, 6.07) is 1.55. The predicted octanol–water partition coefficient (Wildman–Crippen LogP) is 4.45. The Morgan fingerprint density at radius 3 is 2.05 bits per heavy atom. The van der Waals surface area contributed by atoms with E-state index in [2.05, 4.69) is 4.74 Å². The minimum Gasteiger partial charge on any atom is -0.428 e. The molecule has 0 bridgehead atoms. The quantitative estimate of drug-likeness (QED) is 0.657. The summed E-state index contributed by atoms with van der Waals surface area (Å²) in [5.41, 5.74) is 5.17. The highest BCUT2D eigenvalue weighted by atomic mass is 35.5. The first-order valence-electron chi connectivity index (χ1n) is 4.47. The molecule has 0 unspecified atom stereocenters. The van der Waals surface area contributed by atoms with Crippen molar-refractivity contribution in [2.24, 2.45) is 0 Å². The van der Waals surface area contributed by atoms with Crippen molar-refractivity contribution in [2.45, 2.75) is 18.5 Å². The van der Waals surface area contributed by atoms with Gasteiger partial charge in [-0.3, -0.25) is 0 Å². The van der Waals surface area contributed by atoms with Gasteiger partial charge in [-0.1, -0.05) is 23.2 Å². The number of anilines is 1. The second-order valence-electron chi connectivity index (χ2n) is 3.37. The zero-order valence-corrected chi connectivity index (χ0v) is 10.3. The fourth-order valence-corrected chi connectivity index (χ4v) is 1.38. The second-order valence-corrected chi connectivity index (χ2v) is 4.19. The molecule has 2 nitrogen and oxygen atoms in total. The van der Waals surface area contributed by atoms with Gasteiger partial charge in [0.2, 0.25) is 0 Å². The molecule has 0 aliphatic rings. The Morgan fingerprint density at radius 2 is 1.58 bits per heavy atom. The average molecular weight is 328 g/mol. The Kier molecular flexibility index (Phi) is 4.36. The van der Waals surface area contributed by atoms with Gasteiger partial charge in [0.1, 0.15) is 5.75 Å². The molecule has 0 saturated heterocycles. The van der Waals surface area contributed by atoms with Crippen LogP contribution in [0.3, 0.4) is 0 Å². The maximum Gasteiger partial charge on any atom is 0.439 e. The molecule has 0 radical (unpaired) electrons. The van der Waals surface area contributed by atoms with Gasteiger partial charge in [0, 0.05) is 6.07 Å². The van der Waals surface area contributed by atoms with E-state index in [-0.39, 0.29) is 10.7 Å². The zero-order valence-electron chi connectivity index (χ0n) is 8.74. The van der Waals surface area contributed by atoms with Crippen molar-refractivity contribution in [2.75, 3.05) is 5.73 Å². The molecule has 1 aromatic carbocycles. The highest BCUT2D eigenvalue weighted by molar-refractivity contribution is 6.36. The van der Waals surface area contributed by atoms with Gasteiger partial charge < -0.3 is 10.5 Å². The third-order valence-corrected chi connectivity index (χ3v) is 2.50. The molecule has 0 fully saturated rings. The van der Waals surface area contributed by atoms with Crippen LogP contribution < -0.4 is 10.5 Å². The number of nitrogens with two attached hydrogens (primary N) is 1. The number of hydrogen-bond acceptors (Lipinski definition) is 2. The van der Waals surface area contributed by atoms with Crippen LogP contribution >= 0.6 is 23.2 Å². The zero-order chi connectivity index (χ0) is 15.0. The maximum atomic E-state index is 13.0. The number of halogens is 8. The first kappa shape index (κ1) is 16.0. The maximum absolute atomic E-state index is 13.0. The van der Waals surface area contributed by atoms with E-state index in [1.807, 2.05) is 0 Å². The van der Waals surface area contributed by atoms with Crippen LogP contribution in [0.5, 0.6) is 5.75 Å². The molecule has 0 saturated carbocycles. The third kappa shape index (κ3) is 3.73. The largest absolute Gasteiger partial charge is 0.439 e. The van der Waals surface area contributed by atoms with E-state index >= 15 is 0 Å². The molecular formula is C9H5Cl2F6NO. The summed E-state index contributed by atoms with van der Waals surface area (Å²) in [5.74, 6) is -0.919. The number of hydrogen-bond donors (Lipinski definition) is 1. The Morgan fingerprint density at radius 1 is 1.05 bits per heavy atom. The third-order valence-electron chi connectivity index (χ3n) is 1.88. The smallest absolute Gasteiger partial charge is 0.428 e. The second kappa shape index (κ2) is 5.16. The van der Waals surface area contributed by atoms with E-state index in [9.17, 15) is 26.3 Å². The Labute approximate surface area is 113 Å². The lowest BCUT2D eigenvalue weighted by Gasteiger charge is -2.23. The lowest BCUT2D eigenvalue weighted by Crippen LogP contribution is -2.45. The molecule has 0 aliphatic carbocycles. The Hall–Kier alpha value is -1.02. The fraction of sp³-hybridized carbons (Fsp3) is 0.333. The van der Waals surface area contributed by atoms with Crippen molar-refractivity contribution in [3.63, 3.8) is 0 Å². The van der Waals surface area contributed by atoms with E-state index < -0.39 is 29.2 Å². The highest BCUT2D eigenvalue weighted by Crippen LogP contribution is 2.40. The van der Waals surface area contributed by atoms with Gasteiger partial charge in [-0.25, -0.2) is 4.39 Å². The minimum absolute atomic E-state index is 0.102. The van der Waals surface area contributed by atoms with E-state index in [0.29, 0.717) is 6.07 Å². The summed E-state index contributed by atoms with van der Waals surface area (Å²) in [5, 5.41) is -0.812. The SMILES string of the molecule is Nc1cc(Cl)c(OC(F)(F)[C@@H](F)C(F)(F)F)cc1Cl. The summed E-state index contributed by atoms with van der Waals surface area (Å²) < 4.78 is 77.8. The van der Waals surface area contributed by atoms with E-state index in [0.717, 1.165) is 6.07 Å². The van der Waals surface area contributed by atoms with Gasteiger partial charge >= 0.3 is 12.3 Å². The first-order valence-corrected chi connectivity index (χ1v) is 5.23. The van der Waals surface area contributed by atoms with Crippen molar-refractivity contribution in [3.05, 3.63) is 22.2 Å². The average Bonchev–Trinajstić information content (AvgIpc) is 2.23. The van der Waals surface area contributed by atoms with Gasteiger partial charge in [-0.15, -0.1) is 0 Å². The van der Waals surface area contributed by atoms with Crippen LogP contribution in [-0.2, 0) is 0 Å². The fourth-order valence-electron chi connectivity index (χ4n) is 1.01. The number of rotatable bonds is 3. The van der Waals surface area contributed by atoms with E-state index in [1.54, 1.807) is 0 Å². The van der Waals surface area contributed by atoms with Gasteiger partial charge in [-0.05, 0) is 6.07 Å². The molecule has 1 rings (SSSR count).